The summed E-state index contributed by atoms with van der Waals surface area (Å²) < 4.78 is 6.39. The second-order valence-electron chi connectivity index (χ2n) is 4.75. The van der Waals surface area contributed by atoms with Gasteiger partial charge in [0.2, 0.25) is 0 Å². The van der Waals surface area contributed by atoms with Crippen LogP contribution >= 0.6 is 22.9 Å². The lowest BCUT2D eigenvalue weighted by Crippen LogP contribution is -2.11. The molecule has 2 aromatic heterocycles. The number of benzene rings is 1. The van der Waals surface area contributed by atoms with Crippen molar-refractivity contribution in [3.05, 3.63) is 75.3 Å². The summed E-state index contributed by atoms with van der Waals surface area (Å²) in [6.45, 7) is 2.16. The van der Waals surface area contributed by atoms with Crippen LogP contribution in [-0.2, 0) is 6.42 Å². The van der Waals surface area contributed by atoms with Gasteiger partial charge in [-0.2, -0.15) is 0 Å². The van der Waals surface area contributed by atoms with Crippen LogP contribution in [0.5, 0.6) is 0 Å². The summed E-state index contributed by atoms with van der Waals surface area (Å²) in [5.74, 6) is 0.888. The lowest BCUT2D eigenvalue weighted by atomic mass is 10.1. The maximum atomic E-state index is 6.09. The fraction of sp³-hybridized carbons (Fsp3) is 0.176. The van der Waals surface area contributed by atoms with Gasteiger partial charge < -0.3 is 9.73 Å². The Morgan fingerprint density at radius 1 is 1.14 bits per heavy atom. The molecule has 3 rings (SSSR count). The molecule has 4 heteroatoms. The highest BCUT2D eigenvalue weighted by Gasteiger charge is 2.19. The van der Waals surface area contributed by atoms with E-state index in [2.05, 4.69) is 30.4 Å². The predicted molar refractivity (Wildman–Crippen MR) is 89.3 cm³/mol. The molecule has 2 heterocycles. The third kappa shape index (κ3) is 3.14. The summed E-state index contributed by atoms with van der Waals surface area (Å²) in [5.41, 5.74) is 2.42. The van der Waals surface area contributed by atoms with Gasteiger partial charge in [-0.1, -0.05) is 36.7 Å². The topological polar surface area (TPSA) is 25.2 Å². The van der Waals surface area contributed by atoms with Gasteiger partial charge in [-0.3, -0.25) is 0 Å². The van der Waals surface area contributed by atoms with Gasteiger partial charge >= 0.3 is 0 Å². The number of thiophene rings is 1. The Bertz CT molecular complexity index is 705. The van der Waals surface area contributed by atoms with E-state index in [1.807, 2.05) is 30.3 Å². The number of hydrogen-bond donors (Lipinski definition) is 1. The van der Waals surface area contributed by atoms with Crippen LogP contribution in [0.15, 0.2) is 59.2 Å². The third-order valence-corrected chi connectivity index (χ3v) is 4.70. The number of aryl methyl sites for hydroxylation is 1. The SMILES string of the molecule is CCc1ccccc1NC(c1ccco1)c1ccc(Cl)s1. The minimum atomic E-state index is -0.0230. The molecular formula is C17H16ClNOS. The molecule has 0 spiro atoms. The molecule has 0 bridgehead atoms. The van der Waals surface area contributed by atoms with Crippen LogP contribution in [0.4, 0.5) is 5.69 Å². The molecule has 0 saturated carbocycles. The van der Waals surface area contributed by atoms with E-state index in [1.54, 1.807) is 17.6 Å². The van der Waals surface area contributed by atoms with E-state index < -0.39 is 0 Å². The van der Waals surface area contributed by atoms with Gasteiger partial charge in [-0.15, -0.1) is 11.3 Å². The van der Waals surface area contributed by atoms with Crippen LogP contribution in [-0.4, -0.2) is 0 Å². The monoisotopic (exact) mass is 317 g/mol. The number of anilines is 1. The number of para-hydroxylation sites is 1. The van der Waals surface area contributed by atoms with Crippen molar-refractivity contribution in [1.29, 1.82) is 0 Å². The molecule has 0 radical (unpaired) electrons. The molecule has 1 unspecified atom stereocenters. The van der Waals surface area contributed by atoms with Gasteiger partial charge in [-0.05, 0) is 42.3 Å². The first-order valence-corrected chi connectivity index (χ1v) is 8.10. The average Bonchev–Trinajstić information content (AvgIpc) is 3.17. The highest BCUT2D eigenvalue weighted by atomic mass is 35.5. The van der Waals surface area contributed by atoms with E-state index in [1.165, 1.54) is 5.56 Å². The zero-order valence-electron chi connectivity index (χ0n) is 11.7. The van der Waals surface area contributed by atoms with E-state index in [-0.39, 0.29) is 6.04 Å². The van der Waals surface area contributed by atoms with E-state index in [4.69, 9.17) is 16.0 Å². The second kappa shape index (κ2) is 6.37. The first-order valence-electron chi connectivity index (χ1n) is 6.91. The Morgan fingerprint density at radius 2 is 2.00 bits per heavy atom. The van der Waals surface area contributed by atoms with Crippen LogP contribution < -0.4 is 5.32 Å². The second-order valence-corrected chi connectivity index (χ2v) is 6.49. The minimum Gasteiger partial charge on any atom is -0.467 e. The highest BCUT2D eigenvalue weighted by molar-refractivity contribution is 7.16. The Kier molecular flexibility index (Phi) is 4.32. The van der Waals surface area contributed by atoms with Crippen molar-refractivity contribution in [2.24, 2.45) is 0 Å². The third-order valence-electron chi connectivity index (χ3n) is 3.40. The summed E-state index contributed by atoms with van der Waals surface area (Å²) in [6, 6.07) is 16.2. The maximum Gasteiger partial charge on any atom is 0.131 e. The largest absolute Gasteiger partial charge is 0.467 e. The van der Waals surface area contributed by atoms with Crippen molar-refractivity contribution >= 4 is 28.6 Å². The summed E-state index contributed by atoms with van der Waals surface area (Å²) in [5, 5.41) is 3.59. The summed E-state index contributed by atoms with van der Waals surface area (Å²) >= 11 is 7.66. The Morgan fingerprint density at radius 3 is 2.67 bits per heavy atom. The van der Waals surface area contributed by atoms with Crippen LogP contribution in [0.2, 0.25) is 4.34 Å². The van der Waals surface area contributed by atoms with Crippen LogP contribution in [0.1, 0.15) is 29.2 Å². The zero-order valence-corrected chi connectivity index (χ0v) is 13.2. The van der Waals surface area contributed by atoms with Crippen LogP contribution in [0.3, 0.4) is 0 Å². The molecule has 2 nitrogen and oxygen atoms in total. The molecule has 108 valence electrons. The fourth-order valence-electron chi connectivity index (χ4n) is 2.35. The molecule has 1 N–H and O–H groups in total. The molecular weight excluding hydrogens is 302 g/mol. The van der Waals surface area contributed by atoms with Gasteiger partial charge in [0.1, 0.15) is 11.8 Å². The number of rotatable bonds is 5. The lowest BCUT2D eigenvalue weighted by Gasteiger charge is -2.19. The molecule has 1 aromatic carbocycles. The molecule has 0 fully saturated rings. The van der Waals surface area contributed by atoms with Gasteiger partial charge in [0.05, 0.1) is 10.6 Å². The molecule has 0 aliphatic carbocycles. The number of furan rings is 1. The standard InChI is InChI=1S/C17H16ClNOS/c1-2-12-6-3-4-7-13(12)19-17(14-8-5-11-20-14)15-9-10-16(18)21-15/h3-11,17,19H,2H2,1H3. The number of halogens is 1. The fourth-order valence-corrected chi connectivity index (χ4v) is 3.47. The summed E-state index contributed by atoms with van der Waals surface area (Å²) in [4.78, 5) is 1.14. The van der Waals surface area contributed by atoms with E-state index >= 15 is 0 Å². The van der Waals surface area contributed by atoms with Crippen molar-refractivity contribution in [3.8, 4) is 0 Å². The van der Waals surface area contributed by atoms with Gasteiger partial charge in [0.15, 0.2) is 0 Å². The van der Waals surface area contributed by atoms with Crippen molar-refractivity contribution < 1.29 is 4.42 Å². The highest BCUT2D eigenvalue weighted by Crippen LogP contribution is 2.34. The quantitative estimate of drug-likeness (QED) is 0.647. The first-order chi connectivity index (χ1) is 10.3. The average molecular weight is 318 g/mol. The predicted octanol–water partition coefficient (Wildman–Crippen LogP) is 5.76. The van der Waals surface area contributed by atoms with Gasteiger partial charge in [0, 0.05) is 10.6 Å². The Labute approximate surface area is 133 Å². The van der Waals surface area contributed by atoms with E-state index in [0.29, 0.717) is 0 Å². The smallest absolute Gasteiger partial charge is 0.131 e. The zero-order chi connectivity index (χ0) is 14.7. The minimum absolute atomic E-state index is 0.0230. The number of hydrogen-bond acceptors (Lipinski definition) is 3. The van der Waals surface area contributed by atoms with Crippen LogP contribution in [0.25, 0.3) is 0 Å². The Hall–Kier alpha value is -1.71. The van der Waals surface area contributed by atoms with Crippen molar-refractivity contribution in [1.82, 2.24) is 0 Å². The van der Waals surface area contributed by atoms with Crippen LogP contribution in [0, 0.1) is 0 Å². The molecule has 3 aromatic rings. The van der Waals surface area contributed by atoms with E-state index in [9.17, 15) is 0 Å². The first kappa shape index (κ1) is 14.2. The number of nitrogens with one attached hydrogen (secondary N) is 1. The summed E-state index contributed by atoms with van der Waals surface area (Å²) in [7, 11) is 0. The van der Waals surface area contributed by atoms with E-state index in [0.717, 1.165) is 27.1 Å². The molecule has 0 saturated heterocycles. The van der Waals surface area contributed by atoms with Crippen molar-refractivity contribution in [3.63, 3.8) is 0 Å². The lowest BCUT2D eigenvalue weighted by molar-refractivity contribution is 0.500. The summed E-state index contributed by atoms with van der Waals surface area (Å²) in [6.07, 6.45) is 2.68. The maximum absolute atomic E-state index is 6.09. The van der Waals surface area contributed by atoms with Gasteiger partial charge in [-0.25, -0.2) is 0 Å². The molecule has 0 amide bonds. The molecule has 0 aliphatic rings. The van der Waals surface area contributed by atoms with Gasteiger partial charge in [0.25, 0.3) is 0 Å². The Balaban J connectivity index is 1.97. The molecule has 21 heavy (non-hydrogen) atoms. The van der Waals surface area contributed by atoms with Crippen molar-refractivity contribution in [2.45, 2.75) is 19.4 Å². The molecule has 1 atom stereocenters. The normalized spacial score (nSPS) is 12.3. The molecule has 0 aliphatic heterocycles. The van der Waals surface area contributed by atoms with Crippen molar-refractivity contribution in [2.75, 3.05) is 5.32 Å².